The third-order valence-electron chi connectivity index (χ3n) is 5.57. The van der Waals surface area contributed by atoms with E-state index in [0.717, 1.165) is 31.6 Å². The van der Waals surface area contributed by atoms with Crippen LogP contribution in [0.15, 0.2) is 36.8 Å². The molecule has 1 aromatic carbocycles. The third-order valence-corrected chi connectivity index (χ3v) is 5.57. The molecule has 0 unspecified atom stereocenters. The molecule has 1 N–H and O–H groups in total. The van der Waals surface area contributed by atoms with Gasteiger partial charge in [0, 0.05) is 44.1 Å². The fraction of sp³-hybridized carbons (Fsp3) is 0.381. The molecule has 0 aliphatic carbocycles. The van der Waals surface area contributed by atoms with Gasteiger partial charge in [-0.15, -0.1) is 0 Å². The molecule has 8 nitrogen and oxygen atoms in total. The summed E-state index contributed by atoms with van der Waals surface area (Å²) < 4.78 is 21.6. The van der Waals surface area contributed by atoms with Crippen molar-refractivity contribution in [2.75, 3.05) is 49.6 Å². The second-order valence-electron chi connectivity index (χ2n) is 7.56. The number of nitrogens with zero attached hydrogens (tertiary/aromatic N) is 5. The monoisotopic (exact) mass is 410 g/mol. The summed E-state index contributed by atoms with van der Waals surface area (Å²) in [6, 6.07) is 4.36. The number of amides is 2. The average molecular weight is 410 g/mol. The number of anilines is 2. The Balaban J connectivity index is 1.41. The summed E-state index contributed by atoms with van der Waals surface area (Å²) in [6.45, 7) is 4.47. The van der Waals surface area contributed by atoms with Gasteiger partial charge in [0.05, 0.1) is 36.5 Å². The van der Waals surface area contributed by atoms with Crippen molar-refractivity contribution >= 4 is 23.2 Å². The van der Waals surface area contributed by atoms with Crippen molar-refractivity contribution in [3.05, 3.63) is 42.6 Å². The predicted octanol–water partition coefficient (Wildman–Crippen LogP) is 3.00. The predicted molar refractivity (Wildman–Crippen MR) is 111 cm³/mol. The summed E-state index contributed by atoms with van der Waals surface area (Å²) in [5, 5.41) is 2.69. The number of urea groups is 1. The van der Waals surface area contributed by atoms with Crippen LogP contribution in [0.25, 0.3) is 17.0 Å². The van der Waals surface area contributed by atoms with Crippen LogP contribution in [0.2, 0.25) is 0 Å². The Bertz CT molecular complexity index is 1070. The molecule has 2 amide bonds. The van der Waals surface area contributed by atoms with E-state index in [4.69, 9.17) is 4.74 Å². The van der Waals surface area contributed by atoms with Gasteiger partial charge in [0.1, 0.15) is 5.82 Å². The van der Waals surface area contributed by atoms with Crippen LogP contribution in [0, 0.1) is 5.82 Å². The maximum absolute atomic E-state index is 14.3. The van der Waals surface area contributed by atoms with E-state index >= 15 is 0 Å². The van der Waals surface area contributed by atoms with Crippen LogP contribution >= 0.6 is 0 Å². The molecule has 4 heterocycles. The number of nitrogens with one attached hydrogen (secondary N) is 1. The standard InChI is InChI=1S/C21H23FN6O2/c22-17-4-3-15(11-18(17)25-21(29)27-5-1-2-6-27)19-14-28-13-16(12-23-20(28)24-19)26-7-9-30-10-8-26/h3-4,11-14H,1-2,5-10H2,(H,25,29). The molecule has 2 aliphatic rings. The summed E-state index contributed by atoms with van der Waals surface area (Å²) in [6.07, 6.45) is 7.63. The minimum Gasteiger partial charge on any atom is -0.378 e. The fourth-order valence-corrected chi connectivity index (χ4v) is 3.89. The lowest BCUT2D eigenvalue weighted by atomic mass is 10.1. The lowest BCUT2D eigenvalue weighted by Gasteiger charge is -2.28. The summed E-state index contributed by atoms with van der Waals surface area (Å²) >= 11 is 0. The summed E-state index contributed by atoms with van der Waals surface area (Å²) in [4.78, 5) is 25.3. The molecule has 0 spiro atoms. The van der Waals surface area contributed by atoms with Crippen LogP contribution in [-0.4, -0.2) is 64.7 Å². The van der Waals surface area contributed by atoms with Gasteiger partial charge in [0.25, 0.3) is 0 Å². The summed E-state index contributed by atoms with van der Waals surface area (Å²) in [5.74, 6) is 0.0942. The molecule has 0 bridgehead atoms. The number of likely N-dealkylation sites (tertiary alicyclic amines) is 1. The number of rotatable bonds is 3. The maximum Gasteiger partial charge on any atom is 0.321 e. The van der Waals surface area contributed by atoms with Crippen LogP contribution in [0.5, 0.6) is 0 Å². The van der Waals surface area contributed by atoms with Crippen molar-refractivity contribution in [3.63, 3.8) is 0 Å². The van der Waals surface area contributed by atoms with Gasteiger partial charge >= 0.3 is 6.03 Å². The number of hydrogen-bond acceptors (Lipinski definition) is 5. The Morgan fingerprint density at radius 1 is 1.10 bits per heavy atom. The molecule has 0 atom stereocenters. The number of fused-ring (bicyclic) bond motifs is 1. The highest BCUT2D eigenvalue weighted by Crippen LogP contribution is 2.26. The lowest BCUT2D eigenvalue weighted by molar-refractivity contribution is 0.122. The highest BCUT2D eigenvalue weighted by Gasteiger charge is 2.19. The number of halogens is 1. The van der Waals surface area contributed by atoms with E-state index in [1.807, 2.05) is 23.0 Å². The quantitative estimate of drug-likeness (QED) is 0.719. The molecule has 0 saturated carbocycles. The van der Waals surface area contributed by atoms with Crippen LogP contribution in [0.4, 0.5) is 20.6 Å². The number of hydrogen-bond donors (Lipinski definition) is 1. The van der Waals surface area contributed by atoms with Crippen molar-refractivity contribution in [3.8, 4) is 11.3 Å². The van der Waals surface area contributed by atoms with Gasteiger partial charge in [0.15, 0.2) is 0 Å². The van der Waals surface area contributed by atoms with Crippen molar-refractivity contribution in [2.45, 2.75) is 12.8 Å². The van der Waals surface area contributed by atoms with Crippen molar-refractivity contribution < 1.29 is 13.9 Å². The van der Waals surface area contributed by atoms with E-state index in [1.165, 1.54) is 6.07 Å². The fourth-order valence-electron chi connectivity index (χ4n) is 3.89. The van der Waals surface area contributed by atoms with Crippen LogP contribution in [0.1, 0.15) is 12.8 Å². The summed E-state index contributed by atoms with van der Waals surface area (Å²) in [5.41, 5.74) is 2.54. The van der Waals surface area contributed by atoms with Gasteiger partial charge in [-0.25, -0.2) is 19.2 Å². The maximum atomic E-state index is 14.3. The molecule has 9 heteroatoms. The Morgan fingerprint density at radius 3 is 2.70 bits per heavy atom. The molecule has 156 valence electrons. The van der Waals surface area contributed by atoms with Gasteiger partial charge in [-0.3, -0.25) is 4.40 Å². The first-order valence-electron chi connectivity index (χ1n) is 10.2. The van der Waals surface area contributed by atoms with Gasteiger partial charge in [0.2, 0.25) is 5.78 Å². The van der Waals surface area contributed by atoms with Gasteiger partial charge in [-0.1, -0.05) is 0 Å². The Labute approximate surface area is 173 Å². The van der Waals surface area contributed by atoms with E-state index in [9.17, 15) is 9.18 Å². The molecule has 2 aliphatic heterocycles. The van der Waals surface area contributed by atoms with Crippen molar-refractivity contribution in [1.29, 1.82) is 0 Å². The highest BCUT2D eigenvalue weighted by molar-refractivity contribution is 5.90. The van der Waals surface area contributed by atoms with E-state index < -0.39 is 5.82 Å². The molecular formula is C21H23FN6O2. The molecule has 30 heavy (non-hydrogen) atoms. The van der Waals surface area contributed by atoms with Crippen LogP contribution in [-0.2, 0) is 4.74 Å². The molecule has 2 aromatic heterocycles. The van der Waals surface area contributed by atoms with E-state index in [0.29, 0.717) is 43.3 Å². The second-order valence-corrected chi connectivity index (χ2v) is 7.56. The smallest absolute Gasteiger partial charge is 0.321 e. The van der Waals surface area contributed by atoms with Gasteiger partial charge in [-0.2, -0.15) is 0 Å². The number of aromatic nitrogens is 3. The molecule has 2 fully saturated rings. The number of ether oxygens (including phenoxy) is 1. The molecule has 3 aromatic rings. The largest absolute Gasteiger partial charge is 0.378 e. The minimum atomic E-state index is -0.470. The number of carbonyl (C=O) groups is 1. The molecule has 2 saturated heterocycles. The number of carbonyl (C=O) groups excluding carboxylic acids is 1. The molecular weight excluding hydrogens is 387 g/mol. The van der Waals surface area contributed by atoms with E-state index in [1.54, 1.807) is 17.0 Å². The van der Waals surface area contributed by atoms with Crippen molar-refractivity contribution in [2.24, 2.45) is 0 Å². The zero-order valence-corrected chi connectivity index (χ0v) is 16.6. The zero-order valence-electron chi connectivity index (χ0n) is 16.6. The lowest BCUT2D eigenvalue weighted by Crippen LogP contribution is -2.36. The van der Waals surface area contributed by atoms with Crippen LogP contribution in [0.3, 0.4) is 0 Å². The van der Waals surface area contributed by atoms with Gasteiger partial charge in [-0.05, 0) is 31.0 Å². The Morgan fingerprint density at radius 2 is 1.90 bits per heavy atom. The van der Waals surface area contributed by atoms with E-state index in [2.05, 4.69) is 20.2 Å². The highest BCUT2D eigenvalue weighted by atomic mass is 19.1. The van der Waals surface area contributed by atoms with Gasteiger partial charge < -0.3 is 19.9 Å². The minimum absolute atomic E-state index is 0.156. The SMILES string of the molecule is O=C(Nc1cc(-c2cn3cc(N4CCOCC4)cnc3n2)ccc1F)N1CCCC1. The van der Waals surface area contributed by atoms with E-state index in [-0.39, 0.29) is 11.7 Å². The second kappa shape index (κ2) is 7.91. The first-order chi connectivity index (χ1) is 14.7. The Hall–Kier alpha value is -3.20. The first kappa shape index (κ1) is 18.8. The normalized spacial score (nSPS) is 17.0. The topological polar surface area (TPSA) is 75.0 Å². The molecule has 0 radical (unpaired) electrons. The van der Waals surface area contributed by atoms with Crippen LogP contribution < -0.4 is 10.2 Å². The summed E-state index contributed by atoms with van der Waals surface area (Å²) in [7, 11) is 0. The number of benzene rings is 1. The molecule has 5 rings (SSSR count). The third kappa shape index (κ3) is 3.68. The number of imidazole rings is 1. The zero-order chi connectivity index (χ0) is 20.5. The number of morpholine rings is 1. The average Bonchev–Trinajstić information content (AvgIpc) is 3.45. The first-order valence-corrected chi connectivity index (χ1v) is 10.2. The van der Waals surface area contributed by atoms with Crippen molar-refractivity contribution in [1.82, 2.24) is 19.3 Å². The Kier molecular flexibility index (Phi) is 4.96.